The normalized spacial score (nSPS) is 17.6. The maximum absolute atomic E-state index is 14.8. The summed E-state index contributed by atoms with van der Waals surface area (Å²) in [5.41, 5.74) is -0.703. The highest BCUT2D eigenvalue weighted by molar-refractivity contribution is 6.32. The molecule has 52 heavy (non-hydrogen) atoms. The number of ether oxygens (including phenoxy) is 1. The lowest BCUT2D eigenvalue weighted by Crippen LogP contribution is -2.47. The molecule has 1 aliphatic rings. The van der Waals surface area contributed by atoms with Gasteiger partial charge < -0.3 is 15.4 Å². The van der Waals surface area contributed by atoms with Crippen LogP contribution in [0, 0.1) is 10.8 Å². The molecule has 3 heterocycles. The lowest BCUT2D eigenvalue weighted by atomic mass is 9.75. The molecular weight excluding hydrogens is 720 g/mol. The molecule has 3 N–H and O–H groups in total. The molecule has 2 amide bonds. The van der Waals surface area contributed by atoms with Crippen molar-refractivity contribution >= 4 is 29.6 Å². The number of alkyl carbamates (subject to hydrolysis) is 1. The number of rotatable bonds is 12. The molecule has 0 bridgehead atoms. The van der Waals surface area contributed by atoms with Crippen LogP contribution in [-0.4, -0.2) is 66.5 Å². The second-order valence-corrected chi connectivity index (χ2v) is 13.7. The van der Waals surface area contributed by atoms with Crippen molar-refractivity contribution in [2.24, 2.45) is 5.41 Å². The smallest absolute Gasteiger partial charge is 0.407 e. The van der Waals surface area contributed by atoms with Crippen molar-refractivity contribution in [3.05, 3.63) is 83.2 Å². The van der Waals surface area contributed by atoms with Crippen LogP contribution >= 0.6 is 11.6 Å². The van der Waals surface area contributed by atoms with Gasteiger partial charge in [0.1, 0.15) is 18.5 Å². The number of nitrogens with one attached hydrogen (secondary N) is 3. The Balaban J connectivity index is 1.58. The van der Waals surface area contributed by atoms with Crippen LogP contribution in [0.2, 0.25) is 5.02 Å². The molecule has 0 aliphatic carbocycles. The van der Waals surface area contributed by atoms with Gasteiger partial charge in [0.2, 0.25) is 0 Å². The summed E-state index contributed by atoms with van der Waals surface area (Å²) in [6.45, 7) is 3.19. The fourth-order valence-electron chi connectivity index (χ4n) is 5.92. The van der Waals surface area contributed by atoms with E-state index in [1.807, 2.05) is 26.1 Å². The number of hydrogen-bond acceptors (Lipinski definition) is 7. The fraction of sp³-hybridized carbons (Fsp3) is 0.394. The summed E-state index contributed by atoms with van der Waals surface area (Å²) in [6.07, 6.45) is -3.70. The second kappa shape index (κ2) is 14.8. The lowest BCUT2D eigenvalue weighted by Gasteiger charge is -2.35. The number of halogens is 7. The Kier molecular flexibility index (Phi) is 10.9. The van der Waals surface area contributed by atoms with Crippen LogP contribution in [0.1, 0.15) is 70.1 Å². The second-order valence-electron chi connectivity index (χ2n) is 13.3. The Bertz CT molecular complexity index is 1930. The third-order valence-electron chi connectivity index (χ3n) is 8.22. The highest BCUT2D eigenvalue weighted by Crippen LogP contribution is 2.43. The predicted molar refractivity (Wildman–Crippen MR) is 176 cm³/mol. The number of carbonyl (C=O) groups is 2. The van der Waals surface area contributed by atoms with Crippen molar-refractivity contribution in [2.45, 2.75) is 71.1 Å². The summed E-state index contributed by atoms with van der Waals surface area (Å²) in [5, 5.41) is 21.5. The monoisotopic (exact) mass is 753 g/mol. The Hall–Kier alpha value is -5.13. The van der Waals surface area contributed by atoms with Gasteiger partial charge in [0, 0.05) is 11.8 Å². The van der Waals surface area contributed by atoms with Crippen LogP contribution in [0.4, 0.5) is 31.1 Å². The van der Waals surface area contributed by atoms with E-state index in [0.29, 0.717) is 21.4 Å². The maximum Gasteiger partial charge on any atom is 0.407 e. The van der Waals surface area contributed by atoms with E-state index in [0.717, 1.165) is 22.8 Å². The largest absolute Gasteiger partial charge is 0.447 e. The highest BCUT2D eigenvalue weighted by atomic mass is 35.5. The average Bonchev–Trinajstić information content (AvgIpc) is 3.81. The van der Waals surface area contributed by atoms with E-state index in [-0.39, 0.29) is 22.7 Å². The van der Waals surface area contributed by atoms with Crippen LogP contribution in [0.3, 0.4) is 0 Å². The maximum atomic E-state index is 14.8. The zero-order chi connectivity index (χ0) is 38.1. The summed E-state index contributed by atoms with van der Waals surface area (Å²) in [4.78, 5) is 32.0. The third-order valence-corrected chi connectivity index (χ3v) is 8.54. The molecule has 1 aliphatic heterocycles. The van der Waals surface area contributed by atoms with Crippen molar-refractivity contribution in [3.8, 4) is 16.8 Å². The van der Waals surface area contributed by atoms with Gasteiger partial charge in [-0.15, -0.1) is 0 Å². The summed E-state index contributed by atoms with van der Waals surface area (Å²) in [5.74, 6) is -1.81. The Morgan fingerprint density at radius 1 is 1.06 bits per heavy atom. The first-order valence-electron chi connectivity index (χ1n) is 15.7. The predicted octanol–water partition coefficient (Wildman–Crippen LogP) is 7.24. The van der Waals surface area contributed by atoms with Crippen LogP contribution in [0.5, 0.6) is 0 Å². The van der Waals surface area contributed by atoms with Crippen molar-refractivity contribution in [3.63, 3.8) is 0 Å². The van der Waals surface area contributed by atoms with Gasteiger partial charge in [0.15, 0.2) is 11.8 Å². The minimum atomic E-state index is -3.04. The van der Waals surface area contributed by atoms with Gasteiger partial charge in [0.25, 0.3) is 18.8 Å². The molecule has 19 heteroatoms. The van der Waals surface area contributed by atoms with Crippen LogP contribution < -0.4 is 10.6 Å². The van der Waals surface area contributed by atoms with Crippen molar-refractivity contribution in [1.82, 2.24) is 40.1 Å². The van der Waals surface area contributed by atoms with Gasteiger partial charge >= 0.3 is 12.6 Å². The molecule has 0 saturated carbocycles. The molecule has 4 aromatic rings. The molecule has 3 atom stereocenters. The first kappa shape index (κ1) is 38.1. The van der Waals surface area contributed by atoms with Crippen molar-refractivity contribution in [2.75, 3.05) is 6.61 Å². The average molecular weight is 754 g/mol. The van der Waals surface area contributed by atoms with Crippen LogP contribution in [0.15, 0.2) is 61.2 Å². The van der Waals surface area contributed by atoms with E-state index < -0.39 is 72.8 Å². The van der Waals surface area contributed by atoms with Crippen LogP contribution in [-0.2, 0) is 15.1 Å². The number of aromatic nitrogens is 5. The summed E-state index contributed by atoms with van der Waals surface area (Å²) in [7, 11) is 0. The molecule has 278 valence electrons. The van der Waals surface area contributed by atoms with E-state index in [9.17, 15) is 35.9 Å². The van der Waals surface area contributed by atoms with E-state index in [4.69, 9.17) is 21.7 Å². The topological polar surface area (TPSA) is 143 Å². The molecule has 5 rings (SSSR count). The lowest BCUT2D eigenvalue weighted by molar-refractivity contribution is -0.134. The third kappa shape index (κ3) is 7.85. The Morgan fingerprint density at radius 2 is 1.75 bits per heavy atom. The molecule has 1 fully saturated rings. The first-order chi connectivity index (χ1) is 24.4. The molecule has 0 radical (unpaired) electrons. The molecular formula is C33H34ClF6N9O3. The van der Waals surface area contributed by atoms with Crippen LogP contribution in [0.25, 0.3) is 16.8 Å². The van der Waals surface area contributed by atoms with Crippen molar-refractivity contribution in [1.29, 1.82) is 5.41 Å². The number of carbonyl (C=O) groups excluding carboxylic acids is 2. The number of alkyl halides is 6. The number of hydrogen-bond donors (Lipinski definition) is 3. The highest BCUT2D eigenvalue weighted by Gasteiger charge is 2.54. The zero-order valence-electron chi connectivity index (χ0n) is 28.1. The molecule has 12 nitrogen and oxygen atoms in total. The molecule has 1 saturated heterocycles. The van der Waals surface area contributed by atoms with Gasteiger partial charge in [0.05, 0.1) is 29.0 Å². The molecule has 0 spiro atoms. The Morgan fingerprint density at radius 3 is 2.35 bits per heavy atom. The van der Waals surface area contributed by atoms with Gasteiger partial charge in [-0.1, -0.05) is 62.7 Å². The van der Waals surface area contributed by atoms with E-state index in [2.05, 4.69) is 20.5 Å². The summed E-state index contributed by atoms with van der Waals surface area (Å²) < 4.78 is 86.8. The van der Waals surface area contributed by atoms with E-state index in [1.165, 1.54) is 30.6 Å². The quantitative estimate of drug-likeness (QED) is 0.130. The summed E-state index contributed by atoms with van der Waals surface area (Å²) >= 11 is 6.39. The number of guanidine groups is 1. The first-order valence-corrected chi connectivity index (χ1v) is 16.1. The molecule has 2 aromatic carbocycles. The Labute approximate surface area is 298 Å². The fourth-order valence-corrected chi connectivity index (χ4v) is 6.12. The van der Waals surface area contributed by atoms with E-state index in [1.54, 1.807) is 24.3 Å². The van der Waals surface area contributed by atoms with Crippen molar-refractivity contribution < 1.29 is 40.7 Å². The van der Waals surface area contributed by atoms with Gasteiger partial charge in [-0.25, -0.2) is 36.7 Å². The minimum Gasteiger partial charge on any atom is -0.447 e. The van der Waals surface area contributed by atoms with Gasteiger partial charge in [-0.2, -0.15) is 19.0 Å². The number of nitrogens with zero attached hydrogens (tertiary/aromatic N) is 6. The standard InChI is InChI=1S/C33H34ClF6N9O3/c1-17(25(35)36)45-31(51)52-14-24(19-7-10-22(34)23(11-19)49-27(26(37)38)42-16-44-49)48-28(50)33(46-30(48)41,15-32(2,3)4)21-8-5-18(6-9-21)20-12-43-47(13-20)29(39)40/h5-13,16-17,24-26,29H,14-15H2,1-4H3,(H2,41,46)(H,45,51)/t17-,24+,33+/m0/s1. The van der Waals surface area contributed by atoms with Gasteiger partial charge in [-0.05, 0) is 47.6 Å². The molecule has 0 unspecified atom stereocenters. The molecule has 2 aromatic heterocycles. The minimum absolute atomic E-state index is 0.0264. The number of amides is 2. The zero-order valence-corrected chi connectivity index (χ0v) is 28.9. The number of benzene rings is 2. The van der Waals surface area contributed by atoms with Gasteiger partial charge in [-0.3, -0.25) is 15.1 Å². The van der Waals surface area contributed by atoms with E-state index >= 15 is 0 Å². The SMILES string of the molecule is C[C@H](NC(=O)OC[C@H](c1ccc(Cl)c(-n2ncnc2C(F)F)c1)N1C(=N)N[C@](CC(C)(C)C)(c2ccc(-c3cnn(C(F)F)c3)cc2)C1=O)C(F)F. The summed E-state index contributed by atoms with van der Waals surface area (Å²) in [6, 6.07) is 7.65.